The minimum atomic E-state index is -0.750. The van der Waals surface area contributed by atoms with Crippen LogP contribution in [0.2, 0.25) is 0 Å². The highest BCUT2D eigenvalue weighted by atomic mass is 16.5. The number of pyridine rings is 1. The minimum Gasteiger partial charge on any atom is -0.465 e. The number of aromatic nitrogens is 1. The molecule has 3 heterocycles. The first-order valence-electron chi connectivity index (χ1n) is 10.00. The van der Waals surface area contributed by atoms with Crippen molar-refractivity contribution in [1.29, 1.82) is 0 Å². The highest BCUT2D eigenvalue weighted by molar-refractivity contribution is 6.10. The number of ether oxygens (including phenoxy) is 1. The highest BCUT2D eigenvalue weighted by Gasteiger charge is 2.44. The Labute approximate surface area is 182 Å². The van der Waals surface area contributed by atoms with Crippen LogP contribution in [0.5, 0.6) is 0 Å². The second kappa shape index (κ2) is 7.46. The van der Waals surface area contributed by atoms with Crippen molar-refractivity contribution in [2.24, 2.45) is 0 Å². The number of hydrogen-bond donors (Lipinski definition) is 0. The Bertz CT molecular complexity index is 1420. The largest absolute Gasteiger partial charge is 0.465 e. The van der Waals surface area contributed by atoms with E-state index in [0.29, 0.717) is 27.9 Å². The first-order valence-corrected chi connectivity index (χ1v) is 10.00. The Morgan fingerprint density at radius 3 is 2.47 bits per heavy atom. The van der Waals surface area contributed by atoms with Crippen LogP contribution in [0.4, 0.5) is 5.82 Å². The van der Waals surface area contributed by atoms with Crippen molar-refractivity contribution in [3.63, 3.8) is 0 Å². The number of carbonyl (C=O) groups is 2. The summed E-state index contributed by atoms with van der Waals surface area (Å²) in [5.74, 6) is -0.515. The average molecular weight is 426 g/mol. The van der Waals surface area contributed by atoms with Crippen LogP contribution >= 0.6 is 0 Å². The molecule has 0 fully saturated rings. The van der Waals surface area contributed by atoms with Crippen LogP contribution in [0.15, 0.2) is 76.1 Å². The molecule has 1 amide bonds. The lowest BCUT2D eigenvalue weighted by atomic mass is 9.97. The van der Waals surface area contributed by atoms with Gasteiger partial charge >= 0.3 is 5.97 Å². The molecular formula is C25H18N2O5. The van der Waals surface area contributed by atoms with E-state index in [2.05, 4.69) is 4.98 Å². The summed E-state index contributed by atoms with van der Waals surface area (Å²) in [5.41, 5.74) is 2.29. The number of benzene rings is 2. The van der Waals surface area contributed by atoms with Gasteiger partial charge in [-0.3, -0.25) is 14.5 Å². The van der Waals surface area contributed by atoms with Crippen LogP contribution < -0.4 is 10.3 Å². The maximum Gasteiger partial charge on any atom is 0.337 e. The first-order chi connectivity index (χ1) is 15.5. The summed E-state index contributed by atoms with van der Waals surface area (Å²) < 4.78 is 10.7. The summed E-state index contributed by atoms with van der Waals surface area (Å²) in [4.78, 5) is 44.7. The molecular weight excluding hydrogens is 408 g/mol. The van der Waals surface area contributed by atoms with Gasteiger partial charge in [-0.2, -0.15) is 0 Å². The Morgan fingerprint density at radius 1 is 1.03 bits per heavy atom. The molecule has 158 valence electrons. The van der Waals surface area contributed by atoms with Crippen LogP contribution in [0.1, 0.15) is 43.6 Å². The standard InChI is InChI=1S/C25H18N2O5/c1-14-7-12-19(26-13-14)27-21(15-8-10-16(11-9-15)25(30)31-2)20-22(28)17-5-3-4-6-18(17)32-23(20)24(27)29/h3-13,21H,1-2H3. The summed E-state index contributed by atoms with van der Waals surface area (Å²) in [6.45, 7) is 1.90. The molecule has 0 radical (unpaired) electrons. The van der Waals surface area contributed by atoms with E-state index in [1.165, 1.54) is 12.0 Å². The molecule has 1 aliphatic heterocycles. The zero-order valence-corrected chi connectivity index (χ0v) is 17.4. The van der Waals surface area contributed by atoms with Crippen molar-refractivity contribution in [3.8, 4) is 0 Å². The molecule has 4 aromatic rings. The second-order valence-corrected chi connectivity index (χ2v) is 7.56. The SMILES string of the molecule is COC(=O)c1ccc(C2c3c(oc4ccccc4c3=O)C(=O)N2c2ccc(C)cn2)cc1. The van der Waals surface area contributed by atoms with Crippen LogP contribution in [0, 0.1) is 6.92 Å². The third-order valence-electron chi connectivity index (χ3n) is 5.57. The van der Waals surface area contributed by atoms with E-state index in [9.17, 15) is 14.4 Å². The lowest BCUT2D eigenvalue weighted by Gasteiger charge is -2.24. The number of esters is 1. The molecule has 1 atom stereocenters. The van der Waals surface area contributed by atoms with Crippen molar-refractivity contribution in [1.82, 2.24) is 4.98 Å². The van der Waals surface area contributed by atoms with Gasteiger partial charge in [0.2, 0.25) is 5.76 Å². The second-order valence-electron chi connectivity index (χ2n) is 7.56. The zero-order valence-electron chi connectivity index (χ0n) is 17.4. The lowest BCUT2D eigenvalue weighted by Crippen LogP contribution is -2.30. The van der Waals surface area contributed by atoms with Crippen LogP contribution in [-0.2, 0) is 4.74 Å². The van der Waals surface area contributed by atoms with E-state index in [4.69, 9.17) is 9.15 Å². The highest BCUT2D eigenvalue weighted by Crippen LogP contribution is 2.40. The van der Waals surface area contributed by atoms with Gasteiger partial charge in [0.15, 0.2) is 5.43 Å². The number of carbonyl (C=O) groups excluding carboxylic acids is 2. The fourth-order valence-corrected chi connectivity index (χ4v) is 3.99. The third kappa shape index (κ3) is 2.98. The van der Waals surface area contributed by atoms with Gasteiger partial charge in [-0.05, 0) is 48.4 Å². The van der Waals surface area contributed by atoms with Gasteiger partial charge < -0.3 is 9.15 Å². The molecule has 0 saturated heterocycles. The predicted octanol–water partition coefficient (Wildman–Crippen LogP) is 4.03. The number of rotatable bonds is 3. The van der Waals surface area contributed by atoms with E-state index in [0.717, 1.165) is 5.56 Å². The molecule has 0 bridgehead atoms. The fourth-order valence-electron chi connectivity index (χ4n) is 3.99. The molecule has 7 nitrogen and oxygen atoms in total. The smallest absolute Gasteiger partial charge is 0.337 e. The number of hydrogen-bond acceptors (Lipinski definition) is 6. The van der Waals surface area contributed by atoms with Crippen molar-refractivity contribution < 1.29 is 18.7 Å². The molecule has 5 rings (SSSR count). The Morgan fingerprint density at radius 2 is 1.78 bits per heavy atom. The molecule has 1 aliphatic rings. The van der Waals surface area contributed by atoms with Gasteiger partial charge in [-0.15, -0.1) is 0 Å². The minimum absolute atomic E-state index is 0.00174. The van der Waals surface area contributed by atoms with Crippen molar-refractivity contribution in [2.45, 2.75) is 13.0 Å². The van der Waals surface area contributed by atoms with Gasteiger partial charge in [-0.1, -0.05) is 30.3 Å². The molecule has 0 saturated carbocycles. The number of para-hydroxylation sites is 1. The number of fused-ring (bicyclic) bond motifs is 2. The molecule has 1 unspecified atom stereocenters. The van der Waals surface area contributed by atoms with Crippen molar-refractivity contribution in [2.75, 3.05) is 12.0 Å². The Balaban J connectivity index is 1.75. The van der Waals surface area contributed by atoms with Crippen molar-refractivity contribution >= 4 is 28.7 Å². The molecule has 0 aliphatic carbocycles. The van der Waals surface area contributed by atoms with E-state index >= 15 is 0 Å². The van der Waals surface area contributed by atoms with Crippen molar-refractivity contribution in [3.05, 3.63) is 105 Å². The molecule has 2 aromatic heterocycles. The molecule has 0 N–H and O–H groups in total. The summed E-state index contributed by atoms with van der Waals surface area (Å²) in [7, 11) is 1.31. The summed E-state index contributed by atoms with van der Waals surface area (Å²) in [6.07, 6.45) is 1.66. The van der Waals surface area contributed by atoms with E-state index in [-0.39, 0.29) is 16.8 Å². The number of anilines is 1. The first kappa shape index (κ1) is 19.7. The summed E-state index contributed by atoms with van der Waals surface area (Å²) in [5, 5.41) is 0.397. The molecule has 0 spiro atoms. The van der Waals surface area contributed by atoms with Gasteiger partial charge in [0.25, 0.3) is 5.91 Å². The van der Waals surface area contributed by atoms with Crippen LogP contribution in [-0.4, -0.2) is 24.0 Å². The number of aryl methyl sites for hydroxylation is 1. The van der Waals surface area contributed by atoms with E-state index < -0.39 is 17.9 Å². The lowest BCUT2D eigenvalue weighted by molar-refractivity contribution is 0.0600. The Hall–Kier alpha value is -4.26. The average Bonchev–Trinajstić information content (AvgIpc) is 3.12. The summed E-state index contributed by atoms with van der Waals surface area (Å²) >= 11 is 0. The molecule has 7 heteroatoms. The normalized spacial score (nSPS) is 15.1. The quantitative estimate of drug-likeness (QED) is 0.460. The van der Waals surface area contributed by atoms with Gasteiger partial charge in [0.1, 0.15) is 11.4 Å². The molecule has 2 aromatic carbocycles. The maximum absolute atomic E-state index is 13.5. The fraction of sp³-hybridized carbons (Fsp3) is 0.120. The predicted molar refractivity (Wildman–Crippen MR) is 118 cm³/mol. The topological polar surface area (TPSA) is 89.7 Å². The number of nitrogens with zero attached hydrogens (tertiary/aromatic N) is 2. The maximum atomic E-state index is 13.5. The molecule has 32 heavy (non-hydrogen) atoms. The van der Waals surface area contributed by atoms with E-state index in [1.807, 2.05) is 13.0 Å². The number of amides is 1. The van der Waals surface area contributed by atoms with E-state index in [1.54, 1.807) is 60.8 Å². The third-order valence-corrected chi connectivity index (χ3v) is 5.57. The van der Waals surface area contributed by atoms with Gasteiger partial charge in [0, 0.05) is 6.20 Å². The number of methoxy groups -OCH3 is 1. The van der Waals surface area contributed by atoms with Crippen LogP contribution in [0.25, 0.3) is 11.0 Å². The summed E-state index contributed by atoms with van der Waals surface area (Å²) in [6, 6.07) is 16.3. The zero-order chi connectivity index (χ0) is 22.4. The van der Waals surface area contributed by atoms with Gasteiger partial charge in [0.05, 0.1) is 29.7 Å². The monoisotopic (exact) mass is 426 g/mol. The Kier molecular flexibility index (Phi) is 4.59. The van der Waals surface area contributed by atoms with Gasteiger partial charge in [-0.25, -0.2) is 9.78 Å². The van der Waals surface area contributed by atoms with Crippen LogP contribution in [0.3, 0.4) is 0 Å².